The zero-order valence-corrected chi connectivity index (χ0v) is 13.5. The molecule has 1 aromatic carbocycles. The van der Waals surface area contributed by atoms with Gasteiger partial charge < -0.3 is 4.90 Å². The molecule has 0 aliphatic carbocycles. The summed E-state index contributed by atoms with van der Waals surface area (Å²) in [7, 11) is 0. The average molecular weight is 340 g/mol. The minimum absolute atomic E-state index is 0.148. The van der Waals surface area contributed by atoms with Gasteiger partial charge in [-0.3, -0.25) is 9.48 Å². The van der Waals surface area contributed by atoms with Gasteiger partial charge in [-0.25, -0.2) is 9.07 Å². The van der Waals surface area contributed by atoms with Gasteiger partial charge in [0.05, 0.1) is 17.9 Å². The van der Waals surface area contributed by atoms with Crippen LogP contribution in [0.1, 0.15) is 29.4 Å². The first-order valence-corrected chi connectivity index (χ1v) is 8.17. The summed E-state index contributed by atoms with van der Waals surface area (Å²) in [6, 6.07) is 7.93. The Bertz CT molecular complexity index is 858. The zero-order chi connectivity index (χ0) is 17.2. The number of nitrogens with zero attached hydrogens (tertiary/aromatic N) is 6. The molecule has 128 valence electrons. The molecule has 0 radical (unpaired) electrons. The first-order valence-electron chi connectivity index (χ1n) is 8.17. The Labute approximate surface area is 143 Å². The summed E-state index contributed by atoms with van der Waals surface area (Å²) in [6.45, 7) is 1.30. The quantitative estimate of drug-likeness (QED) is 0.732. The molecule has 25 heavy (non-hydrogen) atoms. The molecule has 8 heteroatoms. The molecule has 2 aromatic heterocycles. The predicted molar refractivity (Wildman–Crippen MR) is 87.7 cm³/mol. The summed E-state index contributed by atoms with van der Waals surface area (Å²) in [5.41, 5.74) is 0.937. The molecule has 1 aliphatic heterocycles. The van der Waals surface area contributed by atoms with Crippen molar-refractivity contribution in [2.45, 2.75) is 18.9 Å². The van der Waals surface area contributed by atoms with Gasteiger partial charge in [0.15, 0.2) is 5.69 Å². The van der Waals surface area contributed by atoms with E-state index in [2.05, 4.69) is 15.4 Å². The minimum Gasteiger partial charge on any atom is -0.335 e. The fourth-order valence-corrected chi connectivity index (χ4v) is 3.10. The Morgan fingerprint density at radius 2 is 2.08 bits per heavy atom. The molecule has 1 aliphatic rings. The van der Waals surface area contributed by atoms with Gasteiger partial charge in [0, 0.05) is 25.5 Å². The SMILES string of the molecule is O=C(c1cn(-c2ccc(F)cc2)nn1)N1CCC[C@H](n2cccn2)C1. The van der Waals surface area contributed by atoms with E-state index in [1.54, 1.807) is 29.4 Å². The summed E-state index contributed by atoms with van der Waals surface area (Å²) < 4.78 is 16.4. The largest absolute Gasteiger partial charge is 0.335 e. The van der Waals surface area contributed by atoms with E-state index in [0.717, 1.165) is 12.8 Å². The first-order chi connectivity index (χ1) is 12.2. The van der Waals surface area contributed by atoms with Gasteiger partial charge in [-0.2, -0.15) is 5.10 Å². The van der Waals surface area contributed by atoms with E-state index in [9.17, 15) is 9.18 Å². The highest BCUT2D eigenvalue weighted by atomic mass is 19.1. The molecular formula is C17H17FN6O. The van der Waals surface area contributed by atoms with E-state index >= 15 is 0 Å². The number of aromatic nitrogens is 5. The summed E-state index contributed by atoms with van der Waals surface area (Å²) in [5, 5.41) is 12.2. The van der Waals surface area contributed by atoms with Crippen LogP contribution < -0.4 is 0 Å². The molecule has 0 spiro atoms. The van der Waals surface area contributed by atoms with Gasteiger partial charge in [-0.1, -0.05) is 5.21 Å². The topological polar surface area (TPSA) is 68.8 Å². The van der Waals surface area contributed by atoms with Gasteiger partial charge in [0.1, 0.15) is 5.82 Å². The second-order valence-corrected chi connectivity index (χ2v) is 6.06. The van der Waals surface area contributed by atoms with Crippen LogP contribution in [0.25, 0.3) is 5.69 Å². The molecule has 3 aromatic rings. The predicted octanol–water partition coefficient (Wildman–Crippen LogP) is 2.08. The second kappa shape index (κ2) is 6.46. The number of halogens is 1. The maximum atomic E-state index is 13.0. The lowest BCUT2D eigenvalue weighted by atomic mass is 10.1. The van der Waals surface area contributed by atoms with Crippen molar-refractivity contribution in [3.63, 3.8) is 0 Å². The summed E-state index contributed by atoms with van der Waals surface area (Å²) in [6.07, 6.45) is 7.15. The Morgan fingerprint density at radius 3 is 2.84 bits per heavy atom. The van der Waals surface area contributed by atoms with E-state index < -0.39 is 0 Å². The highest BCUT2D eigenvalue weighted by molar-refractivity contribution is 5.92. The maximum Gasteiger partial charge on any atom is 0.276 e. The molecule has 1 amide bonds. The monoisotopic (exact) mass is 340 g/mol. The van der Waals surface area contributed by atoms with E-state index in [0.29, 0.717) is 18.8 Å². The van der Waals surface area contributed by atoms with Crippen molar-refractivity contribution in [1.82, 2.24) is 29.7 Å². The molecule has 0 bridgehead atoms. The van der Waals surface area contributed by atoms with Crippen LogP contribution in [0.3, 0.4) is 0 Å². The van der Waals surface area contributed by atoms with E-state index in [1.165, 1.54) is 16.8 Å². The van der Waals surface area contributed by atoms with E-state index in [1.807, 2.05) is 16.9 Å². The lowest BCUT2D eigenvalue weighted by Gasteiger charge is -2.32. The third kappa shape index (κ3) is 3.15. The summed E-state index contributed by atoms with van der Waals surface area (Å²) in [5.74, 6) is -0.469. The van der Waals surface area contributed by atoms with Crippen molar-refractivity contribution in [2.24, 2.45) is 0 Å². The molecule has 0 saturated carbocycles. The Balaban J connectivity index is 1.50. The van der Waals surface area contributed by atoms with Crippen LogP contribution in [0.4, 0.5) is 4.39 Å². The van der Waals surface area contributed by atoms with Crippen LogP contribution in [-0.2, 0) is 0 Å². The maximum absolute atomic E-state index is 13.0. The summed E-state index contributed by atoms with van der Waals surface area (Å²) >= 11 is 0. The number of likely N-dealkylation sites (tertiary alicyclic amines) is 1. The first kappa shape index (κ1) is 15.5. The van der Waals surface area contributed by atoms with Gasteiger partial charge in [-0.05, 0) is 43.2 Å². The van der Waals surface area contributed by atoms with Crippen molar-refractivity contribution >= 4 is 5.91 Å². The van der Waals surface area contributed by atoms with Gasteiger partial charge in [0.2, 0.25) is 0 Å². The van der Waals surface area contributed by atoms with Crippen molar-refractivity contribution in [1.29, 1.82) is 0 Å². The van der Waals surface area contributed by atoms with Crippen LogP contribution in [0, 0.1) is 5.82 Å². The molecule has 1 fully saturated rings. The number of rotatable bonds is 3. The van der Waals surface area contributed by atoms with E-state index in [4.69, 9.17) is 0 Å². The molecule has 4 rings (SSSR count). The standard InChI is InChI=1S/C17H17FN6O/c18-13-4-6-14(7-5-13)24-12-16(20-21-24)17(25)22-9-1-3-15(11-22)23-10-2-8-19-23/h2,4-8,10,12,15H,1,3,9,11H2/t15-/m0/s1. The number of amides is 1. The van der Waals surface area contributed by atoms with Gasteiger partial charge >= 0.3 is 0 Å². The molecular weight excluding hydrogens is 323 g/mol. The average Bonchev–Trinajstić information content (AvgIpc) is 3.34. The van der Waals surface area contributed by atoms with E-state index in [-0.39, 0.29) is 23.5 Å². The van der Waals surface area contributed by atoms with Crippen LogP contribution in [0.2, 0.25) is 0 Å². The molecule has 7 nitrogen and oxygen atoms in total. The fraction of sp³-hybridized carbons (Fsp3) is 0.294. The Hall–Kier alpha value is -3.03. The highest BCUT2D eigenvalue weighted by Crippen LogP contribution is 2.22. The van der Waals surface area contributed by atoms with Crippen LogP contribution >= 0.6 is 0 Å². The smallest absolute Gasteiger partial charge is 0.276 e. The second-order valence-electron chi connectivity index (χ2n) is 6.06. The lowest BCUT2D eigenvalue weighted by Crippen LogP contribution is -2.41. The third-order valence-corrected chi connectivity index (χ3v) is 4.39. The molecule has 0 N–H and O–H groups in total. The van der Waals surface area contributed by atoms with Crippen LogP contribution in [-0.4, -0.2) is 48.7 Å². The molecule has 1 atom stereocenters. The lowest BCUT2D eigenvalue weighted by molar-refractivity contribution is 0.0667. The number of benzene rings is 1. The highest BCUT2D eigenvalue weighted by Gasteiger charge is 2.27. The molecule has 1 saturated heterocycles. The number of hydrogen-bond donors (Lipinski definition) is 0. The van der Waals surface area contributed by atoms with Crippen LogP contribution in [0.15, 0.2) is 48.9 Å². The van der Waals surface area contributed by atoms with Crippen molar-refractivity contribution in [2.75, 3.05) is 13.1 Å². The number of carbonyl (C=O) groups is 1. The van der Waals surface area contributed by atoms with Gasteiger partial charge in [-0.15, -0.1) is 5.10 Å². The van der Waals surface area contributed by atoms with Crippen molar-refractivity contribution in [3.05, 3.63) is 60.4 Å². The third-order valence-electron chi connectivity index (χ3n) is 4.39. The number of carbonyl (C=O) groups excluding carboxylic acids is 1. The molecule has 0 unspecified atom stereocenters. The van der Waals surface area contributed by atoms with Crippen LogP contribution in [0.5, 0.6) is 0 Å². The number of piperidine rings is 1. The Morgan fingerprint density at radius 1 is 1.24 bits per heavy atom. The normalized spacial score (nSPS) is 17.6. The fourth-order valence-electron chi connectivity index (χ4n) is 3.10. The zero-order valence-electron chi connectivity index (χ0n) is 13.5. The van der Waals surface area contributed by atoms with Crippen molar-refractivity contribution < 1.29 is 9.18 Å². The summed E-state index contributed by atoms with van der Waals surface area (Å²) in [4.78, 5) is 14.5. The molecule has 3 heterocycles. The number of hydrogen-bond acceptors (Lipinski definition) is 4. The van der Waals surface area contributed by atoms with Crippen molar-refractivity contribution in [3.8, 4) is 5.69 Å². The van der Waals surface area contributed by atoms with Gasteiger partial charge in [0.25, 0.3) is 5.91 Å². The Kier molecular flexibility index (Phi) is 4.01. The minimum atomic E-state index is -0.321.